The first-order valence-corrected chi connectivity index (χ1v) is 10.2. The van der Waals surface area contributed by atoms with Crippen LogP contribution in [0.2, 0.25) is 0 Å². The zero-order chi connectivity index (χ0) is 21.8. The van der Waals surface area contributed by atoms with Crippen LogP contribution in [0, 0.1) is 5.41 Å². The number of nitrogens with zero attached hydrogens (tertiary/aromatic N) is 1. The van der Waals surface area contributed by atoms with Gasteiger partial charge in [0.15, 0.2) is 6.23 Å². The van der Waals surface area contributed by atoms with Crippen LogP contribution in [-0.4, -0.2) is 22.3 Å². The van der Waals surface area contributed by atoms with E-state index in [1.165, 1.54) is 0 Å². The molecule has 1 aliphatic rings. The second-order valence-corrected chi connectivity index (χ2v) is 8.80. The van der Waals surface area contributed by atoms with Crippen LogP contribution in [0.3, 0.4) is 0 Å². The Kier molecular flexibility index (Phi) is 8.05. The Hall–Kier alpha value is -2.62. The third kappa shape index (κ3) is 5.55. The number of amides is 1. The molecule has 1 saturated heterocycles. The molecule has 2 atom stereocenters. The van der Waals surface area contributed by atoms with E-state index in [1.54, 1.807) is 11.8 Å². The van der Waals surface area contributed by atoms with E-state index in [1.807, 2.05) is 106 Å². The van der Waals surface area contributed by atoms with Crippen molar-refractivity contribution in [2.75, 3.05) is 0 Å². The molecule has 1 aliphatic heterocycles. The van der Waals surface area contributed by atoms with Gasteiger partial charge in [0.2, 0.25) is 5.91 Å². The summed E-state index contributed by atoms with van der Waals surface area (Å²) in [6, 6.07) is 27.3. The SMILES string of the molecule is CC(C)(C)C(=O)N1[C@H]([c-]2cccc2)OC(=O)[C@@]1(C)Cc1ccccc1.[Fe].[cH-]1[cH-][cH-][cH-][cH-]1. The Balaban J connectivity index is 0.000000501. The van der Waals surface area contributed by atoms with Crippen LogP contribution in [0.25, 0.3) is 0 Å². The molecule has 1 heterocycles. The summed E-state index contributed by atoms with van der Waals surface area (Å²) in [6.07, 6.45) is -0.256. The van der Waals surface area contributed by atoms with Gasteiger partial charge in [-0.05, 0) is 12.5 Å². The maximum Gasteiger partial charge on any atom is 0.333 e. The molecule has 0 radical (unpaired) electrons. The Labute approximate surface area is 195 Å². The van der Waals surface area contributed by atoms with E-state index in [0.29, 0.717) is 6.42 Å². The normalized spacial score (nSPS) is 20.3. The molecular weight excluding hydrogens is 430 g/mol. The zero-order valence-corrected chi connectivity index (χ0v) is 19.5. The summed E-state index contributed by atoms with van der Waals surface area (Å²) in [6.45, 7) is 7.39. The van der Waals surface area contributed by atoms with Gasteiger partial charge in [-0.3, -0.25) is 9.69 Å². The minimum Gasteiger partial charge on any atom is -0.748 e. The van der Waals surface area contributed by atoms with Crippen molar-refractivity contribution < 1.29 is 31.4 Å². The van der Waals surface area contributed by atoms with E-state index in [2.05, 4.69) is 0 Å². The largest absolute Gasteiger partial charge is 0.748 e. The quantitative estimate of drug-likeness (QED) is 0.306. The third-order valence-corrected chi connectivity index (χ3v) is 5.21. The molecule has 4 nitrogen and oxygen atoms in total. The van der Waals surface area contributed by atoms with Gasteiger partial charge in [0, 0.05) is 28.9 Å². The first-order valence-electron chi connectivity index (χ1n) is 10.2. The van der Waals surface area contributed by atoms with Crippen molar-refractivity contribution in [2.45, 2.75) is 45.9 Å². The van der Waals surface area contributed by atoms with Gasteiger partial charge >= 0.3 is 5.97 Å². The summed E-state index contributed by atoms with van der Waals surface area (Å²) >= 11 is 0. The topological polar surface area (TPSA) is 46.6 Å². The van der Waals surface area contributed by atoms with Crippen LogP contribution >= 0.6 is 0 Å². The zero-order valence-electron chi connectivity index (χ0n) is 18.4. The second kappa shape index (κ2) is 10.1. The molecule has 5 heteroatoms. The molecule has 0 unspecified atom stereocenters. The number of carbonyl (C=O) groups is 2. The monoisotopic (exact) mass is 459 g/mol. The number of benzene rings is 1. The molecule has 4 rings (SSSR count). The fourth-order valence-corrected chi connectivity index (χ4v) is 3.57. The molecule has 31 heavy (non-hydrogen) atoms. The average molecular weight is 459 g/mol. The van der Waals surface area contributed by atoms with Crippen molar-refractivity contribution >= 4 is 11.9 Å². The first kappa shape index (κ1) is 24.6. The van der Waals surface area contributed by atoms with Crippen LogP contribution in [0.1, 0.15) is 45.0 Å². The molecule has 1 fully saturated rings. The van der Waals surface area contributed by atoms with Crippen LogP contribution in [0.4, 0.5) is 0 Å². The third-order valence-electron chi connectivity index (χ3n) is 5.21. The van der Waals surface area contributed by atoms with Crippen molar-refractivity contribution in [2.24, 2.45) is 5.41 Å². The van der Waals surface area contributed by atoms with Crippen molar-refractivity contribution in [3.8, 4) is 0 Å². The number of rotatable bonds is 3. The number of esters is 1. The summed E-state index contributed by atoms with van der Waals surface area (Å²) in [5.74, 6) is -0.455. The summed E-state index contributed by atoms with van der Waals surface area (Å²) in [7, 11) is 0. The van der Waals surface area contributed by atoms with Crippen molar-refractivity contribution in [3.63, 3.8) is 0 Å². The van der Waals surface area contributed by atoms with Gasteiger partial charge in [-0.15, -0.1) is 0 Å². The van der Waals surface area contributed by atoms with Crippen LogP contribution < -0.4 is 0 Å². The number of hydrogen-bond acceptors (Lipinski definition) is 3. The maximum atomic E-state index is 13.2. The Morgan fingerprint density at radius 2 is 1.55 bits per heavy atom. The molecule has 0 aromatic heterocycles. The summed E-state index contributed by atoms with van der Waals surface area (Å²) in [5.41, 5.74) is 0.171. The van der Waals surface area contributed by atoms with Crippen LogP contribution in [-0.2, 0) is 37.8 Å². The maximum absolute atomic E-state index is 13.2. The predicted molar refractivity (Wildman–Crippen MR) is 118 cm³/mol. The molecule has 0 aliphatic carbocycles. The van der Waals surface area contributed by atoms with E-state index in [-0.39, 0.29) is 28.9 Å². The molecule has 0 bridgehead atoms. The number of hydrogen-bond donors (Lipinski definition) is 0. The van der Waals surface area contributed by atoms with Gasteiger partial charge in [0.25, 0.3) is 0 Å². The summed E-state index contributed by atoms with van der Waals surface area (Å²) in [5, 5.41) is 0. The number of ether oxygens (including phenoxy) is 1. The fraction of sp³-hybridized carbons (Fsp3) is 0.308. The van der Waals surface area contributed by atoms with Gasteiger partial charge in [-0.1, -0.05) is 56.7 Å². The standard InChI is InChI=1S/C21H24NO3.C5H5.Fe/c1-20(2,3)18(23)22-17(16-12-8-9-13-16)25-19(24)21(22,4)14-15-10-6-5-7-11-15;1-2-4-5-3-1;/h5-13,17H,14H2,1-4H3;1-5H;/q-1;-5;/t17-,21+;;/m0../s1. The number of carbonyl (C=O) groups excluding carboxylic acids is 2. The Morgan fingerprint density at radius 1 is 1.03 bits per heavy atom. The molecule has 3 aromatic carbocycles. The summed E-state index contributed by atoms with van der Waals surface area (Å²) in [4.78, 5) is 27.7. The van der Waals surface area contributed by atoms with Crippen molar-refractivity contribution in [3.05, 3.63) is 96.1 Å². The minimum absolute atomic E-state index is 0. The second-order valence-electron chi connectivity index (χ2n) is 8.80. The first-order chi connectivity index (χ1) is 14.2. The van der Waals surface area contributed by atoms with E-state index < -0.39 is 17.2 Å². The van der Waals surface area contributed by atoms with E-state index in [9.17, 15) is 9.59 Å². The molecular formula is C26H29FeNO3-6. The van der Waals surface area contributed by atoms with Gasteiger partial charge in [-0.2, -0.15) is 12.1 Å². The van der Waals surface area contributed by atoms with Crippen LogP contribution in [0.5, 0.6) is 0 Å². The van der Waals surface area contributed by atoms with E-state index in [4.69, 9.17) is 4.74 Å². The molecule has 3 aromatic rings. The van der Waals surface area contributed by atoms with Crippen molar-refractivity contribution in [1.29, 1.82) is 0 Å². The van der Waals surface area contributed by atoms with E-state index in [0.717, 1.165) is 11.1 Å². The van der Waals surface area contributed by atoms with Gasteiger partial charge in [-0.25, -0.2) is 16.9 Å². The molecule has 0 spiro atoms. The smallest absolute Gasteiger partial charge is 0.333 e. The minimum atomic E-state index is -1.03. The molecule has 170 valence electrons. The van der Waals surface area contributed by atoms with Gasteiger partial charge < -0.3 is 35.1 Å². The molecule has 0 N–H and O–H groups in total. The predicted octanol–water partition coefficient (Wildman–Crippen LogP) is 5.24. The summed E-state index contributed by atoms with van der Waals surface area (Å²) < 4.78 is 5.69. The van der Waals surface area contributed by atoms with Crippen LogP contribution in [0.15, 0.2) is 84.9 Å². The van der Waals surface area contributed by atoms with Gasteiger partial charge in [0.05, 0.1) is 0 Å². The molecule has 0 saturated carbocycles. The average Bonchev–Trinajstić information content (AvgIpc) is 3.45. The number of cyclic esters (lactones) is 1. The van der Waals surface area contributed by atoms with Gasteiger partial charge in [0.1, 0.15) is 5.54 Å². The van der Waals surface area contributed by atoms with E-state index >= 15 is 0 Å². The Morgan fingerprint density at radius 3 is 2.03 bits per heavy atom. The van der Waals surface area contributed by atoms with Crippen molar-refractivity contribution in [1.82, 2.24) is 4.90 Å². The fourth-order valence-electron chi connectivity index (χ4n) is 3.57. The molecule has 1 amide bonds. The Bertz CT molecular complexity index is 925.